The summed E-state index contributed by atoms with van der Waals surface area (Å²) in [5.41, 5.74) is 0.854. The Morgan fingerprint density at radius 2 is 1.94 bits per heavy atom. The van der Waals surface area contributed by atoms with Crippen molar-refractivity contribution in [2.24, 2.45) is 0 Å². The number of Topliss-reactive ketones (excluding diaryl/α,β-unsaturated/α-hetero) is 1. The number of nitriles is 1. The maximum atomic E-state index is 11.6. The predicted octanol–water partition coefficient (Wildman–Crippen LogP) is 2.66. The minimum Gasteiger partial charge on any atom is -0.477 e. The van der Waals surface area contributed by atoms with Gasteiger partial charge in [-0.05, 0) is 18.1 Å². The zero-order valence-corrected chi connectivity index (χ0v) is 10.0. The van der Waals surface area contributed by atoms with Crippen LogP contribution in [0.1, 0.15) is 35.7 Å². The molecule has 0 heterocycles. The molecule has 0 fully saturated rings. The molecule has 0 bridgehead atoms. The van der Waals surface area contributed by atoms with Gasteiger partial charge in [0, 0.05) is 12.0 Å². The molecule has 92 valence electrons. The highest BCUT2D eigenvalue weighted by Gasteiger charge is 2.07. The summed E-state index contributed by atoms with van der Waals surface area (Å²) in [5.74, 6) is -1.20. The largest absolute Gasteiger partial charge is 0.477 e. The number of nitrogens with zero attached hydrogens (tertiary/aromatic N) is 1. The monoisotopic (exact) mass is 243 g/mol. The summed E-state index contributed by atoms with van der Waals surface area (Å²) in [6.45, 7) is 1.93. The molecule has 0 aliphatic rings. The Morgan fingerprint density at radius 1 is 1.33 bits per heavy atom. The van der Waals surface area contributed by atoms with E-state index in [4.69, 9.17) is 10.4 Å². The quantitative estimate of drug-likeness (QED) is 0.490. The lowest BCUT2D eigenvalue weighted by Gasteiger charge is -2.00. The van der Waals surface area contributed by atoms with E-state index in [1.165, 1.54) is 6.08 Å². The van der Waals surface area contributed by atoms with Crippen LogP contribution in [0.15, 0.2) is 29.8 Å². The van der Waals surface area contributed by atoms with Crippen LogP contribution < -0.4 is 0 Å². The first-order valence-electron chi connectivity index (χ1n) is 5.56. The Labute approximate surface area is 105 Å². The maximum Gasteiger partial charge on any atom is 0.346 e. The average molecular weight is 243 g/mol. The summed E-state index contributed by atoms with van der Waals surface area (Å²) in [6.07, 6.45) is 2.56. The number of hydrogen-bond donors (Lipinski definition) is 1. The normalized spacial score (nSPS) is 10.8. The molecule has 0 radical (unpaired) electrons. The second-order valence-electron chi connectivity index (χ2n) is 3.77. The van der Waals surface area contributed by atoms with Crippen LogP contribution in [0.5, 0.6) is 0 Å². The molecule has 0 aromatic heterocycles. The molecule has 4 heteroatoms. The molecule has 0 spiro atoms. The number of rotatable bonds is 5. The summed E-state index contributed by atoms with van der Waals surface area (Å²) < 4.78 is 0. The Bertz CT molecular complexity index is 521. The first kappa shape index (κ1) is 13.7. The van der Waals surface area contributed by atoms with Gasteiger partial charge < -0.3 is 5.11 Å². The number of carboxylic acids is 1. The van der Waals surface area contributed by atoms with Gasteiger partial charge in [0.1, 0.15) is 11.6 Å². The number of ketones is 1. The molecule has 0 atom stereocenters. The van der Waals surface area contributed by atoms with Crippen LogP contribution in [-0.2, 0) is 4.79 Å². The van der Waals surface area contributed by atoms with Crippen molar-refractivity contribution in [3.8, 4) is 6.07 Å². The van der Waals surface area contributed by atoms with Crippen LogP contribution in [0.3, 0.4) is 0 Å². The van der Waals surface area contributed by atoms with Gasteiger partial charge in [0.15, 0.2) is 5.78 Å². The minimum absolute atomic E-state index is 0.0618. The van der Waals surface area contributed by atoms with Crippen LogP contribution in [0.2, 0.25) is 0 Å². The van der Waals surface area contributed by atoms with Gasteiger partial charge in [-0.15, -0.1) is 0 Å². The van der Waals surface area contributed by atoms with Crippen LogP contribution >= 0.6 is 0 Å². The number of aliphatic carboxylic acids is 1. The van der Waals surface area contributed by atoms with Crippen LogP contribution in [0.4, 0.5) is 0 Å². The molecule has 1 N–H and O–H groups in total. The molecular weight excluding hydrogens is 230 g/mol. The van der Waals surface area contributed by atoms with Crippen LogP contribution in [0.25, 0.3) is 6.08 Å². The van der Waals surface area contributed by atoms with Gasteiger partial charge in [-0.2, -0.15) is 5.26 Å². The van der Waals surface area contributed by atoms with Gasteiger partial charge in [-0.3, -0.25) is 4.79 Å². The highest BCUT2D eigenvalue weighted by molar-refractivity contribution is 5.97. The predicted molar refractivity (Wildman–Crippen MR) is 66.9 cm³/mol. The lowest BCUT2D eigenvalue weighted by Crippen LogP contribution is -1.99. The summed E-state index contributed by atoms with van der Waals surface area (Å²) in [7, 11) is 0. The van der Waals surface area contributed by atoms with E-state index >= 15 is 0 Å². The van der Waals surface area contributed by atoms with Gasteiger partial charge in [0.25, 0.3) is 0 Å². The van der Waals surface area contributed by atoms with Gasteiger partial charge in [-0.25, -0.2) is 4.79 Å². The van der Waals surface area contributed by atoms with Crippen LogP contribution in [-0.4, -0.2) is 16.9 Å². The minimum atomic E-state index is -1.26. The third-order valence-corrected chi connectivity index (χ3v) is 2.37. The first-order chi connectivity index (χ1) is 8.58. The SMILES string of the molecule is CCCC(=O)c1ccc(/C=C(\C#N)C(=O)O)cc1. The van der Waals surface area contributed by atoms with E-state index in [2.05, 4.69) is 0 Å². The van der Waals surface area contributed by atoms with Crippen molar-refractivity contribution in [3.05, 3.63) is 41.0 Å². The number of hydrogen-bond acceptors (Lipinski definition) is 3. The summed E-state index contributed by atoms with van der Waals surface area (Å²) in [5, 5.41) is 17.3. The van der Waals surface area contributed by atoms with Gasteiger partial charge in [0.2, 0.25) is 0 Å². The molecule has 1 rings (SSSR count). The Hall–Kier alpha value is -2.41. The van der Waals surface area contributed by atoms with Crippen molar-refractivity contribution >= 4 is 17.8 Å². The highest BCUT2D eigenvalue weighted by Crippen LogP contribution is 2.11. The summed E-state index contributed by atoms with van der Waals surface area (Å²) in [4.78, 5) is 22.2. The average Bonchev–Trinajstić information content (AvgIpc) is 2.36. The third kappa shape index (κ3) is 3.56. The third-order valence-electron chi connectivity index (χ3n) is 2.37. The van der Waals surface area contributed by atoms with Gasteiger partial charge in [0.05, 0.1) is 0 Å². The zero-order chi connectivity index (χ0) is 13.5. The lowest BCUT2D eigenvalue weighted by atomic mass is 10.0. The Kier molecular flexibility index (Phi) is 4.82. The second kappa shape index (κ2) is 6.36. The topological polar surface area (TPSA) is 78.2 Å². The van der Waals surface area contributed by atoms with E-state index in [-0.39, 0.29) is 11.4 Å². The molecule has 18 heavy (non-hydrogen) atoms. The molecule has 0 aliphatic carbocycles. The fourth-order valence-corrected chi connectivity index (χ4v) is 1.45. The molecule has 0 aliphatic heterocycles. The van der Waals surface area contributed by atoms with Crippen molar-refractivity contribution in [2.45, 2.75) is 19.8 Å². The smallest absolute Gasteiger partial charge is 0.346 e. The van der Waals surface area contributed by atoms with Crippen molar-refractivity contribution in [1.82, 2.24) is 0 Å². The zero-order valence-electron chi connectivity index (χ0n) is 10.0. The summed E-state index contributed by atoms with van der Waals surface area (Å²) in [6, 6.07) is 8.14. The maximum absolute atomic E-state index is 11.6. The fraction of sp³-hybridized carbons (Fsp3) is 0.214. The van der Waals surface area contributed by atoms with E-state index in [1.54, 1.807) is 30.3 Å². The standard InChI is InChI=1S/C14H13NO3/c1-2-3-13(16)11-6-4-10(5-7-11)8-12(9-15)14(17)18/h4-8H,2-3H2,1H3,(H,17,18)/b12-8+. The second-order valence-corrected chi connectivity index (χ2v) is 3.77. The first-order valence-corrected chi connectivity index (χ1v) is 5.56. The Morgan fingerprint density at radius 3 is 2.39 bits per heavy atom. The van der Waals surface area contributed by atoms with Crippen molar-refractivity contribution < 1.29 is 14.7 Å². The molecule has 1 aromatic carbocycles. The van der Waals surface area contributed by atoms with E-state index in [0.29, 0.717) is 17.5 Å². The highest BCUT2D eigenvalue weighted by atomic mass is 16.4. The molecule has 0 saturated carbocycles. The number of carboxylic acid groups (broad SMARTS) is 1. The van der Waals surface area contributed by atoms with E-state index in [0.717, 1.165) is 6.42 Å². The van der Waals surface area contributed by atoms with Crippen molar-refractivity contribution in [3.63, 3.8) is 0 Å². The lowest BCUT2D eigenvalue weighted by molar-refractivity contribution is -0.132. The summed E-state index contributed by atoms with van der Waals surface area (Å²) >= 11 is 0. The van der Waals surface area contributed by atoms with Crippen molar-refractivity contribution in [2.75, 3.05) is 0 Å². The van der Waals surface area contributed by atoms with Gasteiger partial charge >= 0.3 is 5.97 Å². The van der Waals surface area contributed by atoms with E-state index in [9.17, 15) is 9.59 Å². The molecule has 0 unspecified atom stereocenters. The number of benzene rings is 1. The van der Waals surface area contributed by atoms with E-state index in [1.807, 2.05) is 6.92 Å². The molecule has 1 aromatic rings. The van der Waals surface area contributed by atoms with Crippen LogP contribution in [0, 0.1) is 11.3 Å². The molecule has 4 nitrogen and oxygen atoms in total. The van der Waals surface area contributed by atoms with E-state index < -0.39 is 5.97 Å². The Balaban J connectivity index is 2.93. The molecule has 0 saturated heterocycles. The van der Waals surface area contributed by atoms with Gasteiger partial charge in [-0.1, -0.05) is 31.2 Å². The number of carbonyl (C=O) groups excluding carboxylic acids is 1. The fourth-order valence-electron chi connectivity index (χ4n) is 1.45. The molecular formula is C14H13NO3. The van der Waals surface area contributed by atoms with Crippen molar-refractivity contribution in [1.29, 1.82) is 5.26 Å². The molecule has 0 amide bonds. The number of carbonyl (C=O) groups is 2.